The monoisotopic (exact) mass is 1210 g/mol. The number of anilines is 3. The van der Waals surface area contributed by atoms with Crippen molar-refractivity contribution in [1.82, 2.24) is 20.0 Å². The average molecular weight is 1210 g/mol. The van der Waals surface area contributed by atoms with Crippen LogP contribution >= 0.6 is 46.5 Å². The van der Waals surface area contributed by atoms with Crippen molar-refractivity contribution >= 4 is 138 Å². The third-order valence-electron chi connectivity index (χ3n) is 9.82. The summed E-state index contributed by atoms with van der Waals surface area (Å²) in [5.41, 5.74) is 26.7. The van der Waals surface area contributed by atoms with E-state index in [-0.39, 0.29) is 54.4 Å². The number of thiazole rings is 2. The Hall–Kier alpha value is -10.1. The molecule has 11 N–H and O–H groups in total. The molecule has 0 spiro atoms. The highest BCUT2D eigenvalue weighted by Gasteiger charge is 2.23. The topological polar surface area (TPSA) is 333 Å². The Morgan fingerprint density at radius 2 is 1.14 bits per heavy atom. The minimum absolute atomic E-state index is 0.000000000000000222. The number of carboxylic acids is 1. The van der Waals surface area contributed by atoms with Gasteiger partial charge in [-0.15, -0.1) is 34.3 Å². The molecule has 4 heterocycles. The van der Waals surface area contributed by atoms with Gasteiger partial charge in [0, 0.05) is 87.1 Å². The third kappa shape index (κ3) is 30.5. The van der Waals surface area contributed by atoms with E-state index in [2.05, 4.69) is 75.1 Å². The van der Waals surface area contributed by atoms with Crippen molar-refractivity contribution in [3.63, 3.8) is 0 Å². The molecule has 2 aliphatic heterocycles. The second-order valence-electron chi connectivity index (χ2n) is 16.3. The first-order chi connectivity index (χ1) is 40.1. The number of carbonyl (C=O) groups is 6. The van der Waals surface area contributed by atoms with E-state index in [1.807, 2.05) is 42.5 Å². The fourth-order valence-electron chi connectivity index (χ4n) is 6.17. The first-order valence-electron chi connectivity index (χ1n) is 24.4. The van der Waals surface area contributed by atoms with Gasteiger partial charge < -0.3 is 37.9 Å². The van der Waals surface area contributed by atoms with E-state index in [1.165, 1.54) is 47.9 Å². The number of hydrogen-bond donors (Lipinski definition) is 7. The Morgan fingerprint density at radius 3 is 1.54 bits per heavy atom. The van der Waals surface area contributed by atoms with Crippen molar-refractivity contribution in [2.45, 2.75) is 57.2 Å². The van der Waals surface area contributed by atoms with E-state index >= 15 is 0 Å². The van der Waals surface area contributed by atoms with Crippen molar-refractivity contribution in [2.24, 2.45) is 21.7 Å². The second-order valence-corrected chi connectivity index (χ2v) is 19.6. The lowest BCUT2D eigenvalue weighted by Gasteiger charge is -2.18. The van der Waals surface area contributed by atoms with Crippen LogP contribution in [0.5, 0.6) is 0 Å². The Kier molecular flexibility index (Phi) is 35.1. The predicted octanol–water partition coefficient (Wildman–Crippen LogP) is 9.34. The van der Waals surface area contributed by atoms with Crippen LogP contribution in [0.15, 0.2) is 132 Å². The molecule has 1 unspecified atom stereocenters. The van der Waals surface area contributed by atoms with Gasteiger partial charge in [0.05, 0.1) is 31.7 Å². The fourth-order valence-corrected chi connectivity index (χ4v) is 7.91. The molecule has 436 valence electrons. The Labute approximate surface area is 504 Å². The van der Waals surface area contributed by atoms with Gasteiger partial charge >= 0.3 is 5.97 Å². The molecule has 4 aromatic carbocycles. The maximum absolute atomic E-state index is 12.2. The minimum atomic E-state index is -1.05. The summed E-state index contributed by atoms with van der Waals surface area (Å²) < 4.78 is 0. The van der Waals surface area contributed by atoms with Crippen molar-refractivity contribution < 1.29 is 39.0 Å². The summed E-state index contributed by atoms with van der Waals surface area (Å²) in [6, 6.07) is 29.0. The Morgan fingerprint density at radius 1 is 0.738 bits per heavy atom. The molecule has 23 nitrogen and oxygen atoms in total. The third-order valence-corrected chi connectivity index (χ3v) is 11.8. The number of carboxylic acid groups (broad SMARTS) is 1. The maximum atomic E-state index is 12.2. The number of nitrogen functional groups attached to an aromatic ring is 2. The number of aldehydes is 2. The second kappa shape index (κ2) is 41.0. The molecule has 0 bridgehead atoms. The van der Waals surface area contributed by atoms with Crippen LogP contribution in [0.4, 0.5) is 38.7 Å². The van der Waals surface area contributed by atoms with Gasteiger partial charge in [-0.1, -0.05) is 108 Å². The number of benzene rings is 4. The number of amides is 3. The van der Waals surface area contributed by atoms with Gasteiger partial charge in [-0.05, 0) is 43.8 Å². The molecule has 0 fully saturated rings. The number of alkyl halides is 1. The molecule has 1 atom stereocenters. The summed E-state index contributed by atoms with van der Waals surface area (Å²) in [6.07, 6.45) is 9.03. The first kappa shape index (κ1) is 72.0. The van der Waals surface area contributed by atoms with Crippen LogP contribution in [0.3, 0.4) is 0 Å². The Balaban J connectivity index is 0.000000522. The number of aromatic nitrogens is 2. The number of nitrogens with two attached hydrogens (primary N) is 4. The lowest BCUT2D eigenvalue weighted by molar-refractivity contribution is -0.132. The minimum Gasteiger partial charge on any atom is -0.477 e. The van der Waals surface area contributed by atoms with Crippen LogP contribution in [0.2, 0.25) is 0 Å². The SMILES string of the molecule is C=CC=O.CCO.CN1N=C(C(=O)O)CCC1=O.NC(N)=S.[C-]#[N+]c1cccc(CC(Cl)C=O)c1.[C-]#[N+]c1cccc(Cc2cnc(N)s2)c1.[C-]#[N+]c1cccc(Cc2cnc(NC(=O)C3=NN(C)C(=O)CC3)s2)c1.[C-]#[N+]c1cccc(N)c1. The number of hydrogen-bond acceptors (Lipinski definition) is 16. The van der Waals surface area contributed by atoms with Crippen LogP contribution in [-0.4, -0.2) is 109 Å². The predicted molar refractivity (Wildman–Crippen MR) is 334 cm³/mol. The number of nitrogens with one attached hydrogen (secondary N) is 1. The summed E-state index contributed by atoms with van der Waals surface area (Å²) in [5, 5.41) is 29.2. The summed E-state index contributed by atoms with van der Waals surface area (Å²) in [6.45, 7) is 32.4. The molecule has 6 aromatic rings. The van der Waals surface area contributed by atoms with Crippen LogP contribution in [-0.2, 0) is 48.0 Å². The molecule has 27 heteroatoms. The summed E-state index contributed by atoms with van der Waals surface area (Å²) >= 11 is 12.6. The van der Waals surface area contributed by atoms with Crippen molar-refractivity contribution in [3.05, 3.63) is 194 Å². The molecular formula is C57H60ClN15O8S3. The van der Waals surface area contributed by atoms with Crippen LogP contribution in [0, 0.1) is 26.3 Å². The highest BCUT2D eigenvalue weighted by Crippen LogP contribution is 2.25. The van der Waals surface area contributed by atoms with Gasteiger partial charge in [-0.2, -0.15) is 10.2 Å². The number of nitrogens with zero attached hydrogens (tertiary/aromatic N) is 10. The number of aliphatic carboxylic acids is 1. The number of allylic oxidation sites excluding steroid dienone is 1. The zero-order chi connectivity index (χ0) is 63.0. The number of hydrazone groups is 2. The van der Waals surface area contributed by atoms with E-state index in [0.717, 1.165) is 37.9 Å². The molecule has 2 aromatic heterocycles. The summed E-state index contributed by atoms with van der Waals surface area (Å²) in [5.74, 6) is -1.63. The summed E-state index contributed by atoms with van der Waals surface area (Å²) in [7, 11) is 2.98. The molecule has 0 saturated heterocycles. The lowest BCUT2D eigenvalue weighted by Crippen LogP contribution is -2.34. The zero-order valence-corrected chi connectivity index (χ0v) is 49.0. The van der Waals surface area contributed by atoms with Crippen molar-refractivity contribution in [2.75, 3.05) is 37.5 Å². The van der Waals surface area contributed by atoms with Gasteiger partial charge in [0.25, 0.3) is 5.91 Å². The Bertz CT molecular complexity index is 3400. The molecule has 8 rings (SSSR count). The number of halogens is 1. The van der Waals surface area contributed by atoms with E-state index in [0.29, 0.717) is 76.2 Å². The quantitative estimate of drug-likeness (QED) is 0.0159. The largest absolute Gasteiger partial charge is 0.477 e. The van der Waals surface area contributed by atoms with E-state index < -0.39 is 11.3 Å². The first-order valence-corrected chi connectivity index (χ1v) is 26.9. The fraction of sp³-hybridized carbons (Fsp3) is 0.211. The normalized spacial score (nSPS) is 11.7. The number of aliphatic hydroxyl groups is 1. The molecule has 3 amide bonds. The van der Waals surface area contributed by atoms with E-state index in [4.69, 9.17) is 64.4 Å². The van der Waals surface area contributed by atoms with Crippen LogP contribution < -0.4 is 28.3 Å². The number of thiocarbonyl (C=S) groups is 1. The van der Waals surface area contributed by atoms with E-state index in [1.54, 1.807) is 73.9 Å². The van der Waals surface area contributed by atoms with Gasteiger partial charge in [0.2, 0.25) is 11.8 Å². The number of rotatable bonds is 11. The highest BCUT2D eigenvalue weighted by molar-refractivity contribution is 7.80. The van der Waals surface area contributed by atoms with Crippen LogP contribution in [0.25, 0.3) is 19.4 Å². The number of carbonyl (C=O) groups excluding carboxylic acids is 5. The smallest absolute Gasteiger partial charge is 0.352 e. The molecule has 84 heavy (non-hydrogen) atoms. The van der Waals surface area contributed by atoms with Gasteiger partial charge in [0.15, 0.2) is 38.1 Å². The maximum Gasteiger partial charge on any atom is 0.352 e. The average Bonchev–Trinajstić information content (AvgIpc) is 4.24. The molecule has 0 saturated carbocycles. The van der Waals surface area contributed by atoms with Gasteiger partial charge in [0.1, 0.15) is 24.0 Å². The van der Waals surface area contributed by atoms with Crippen molar-refractivity contribution in [1.29, 1.82) is 0 Å². The molecule has 0 aliphatic carbocycles. The molecular weight excluding hydrogens is 1150 g/mol. The summed E-state index contributed by atoms with van der Waals surface area (Å²) in [4.78, 5) is 87.7. The number of aliphatic hydroxyl groups excluding tert-OH is 1. The molecule has 2 aliphatic rings. The lowest BCUT2D eigenvalue weighted by atomic mass is 10.1. The zero-order valence-electron chi connectivity index (χ0n) is 45.8. The van der Waals surface area contributed by atoms with E-state index in [9.17, 15) is 24.0 Å². The van der Waals surface area contributed by atoms with Gasteiger partial charge in [-0.25, -0.2) is 44.2 Å². The van der Waals surface area contributed by atoms with Gasteiger partial charge in [-0.3, -0.25) is 24.5 Å². The van der Waals surface area contributed by atoms with Crippen LogP contribution in [0.1, 0.15) is 59.1 Å². The standard InChI is InChI=1S/C17H15N5O2S.C11H9N3S.C10H8ClNO.C7H6N2.C6H8N2O3.C3H4O.C2H6O.CH4N2S/c1-18-12-5-3-4-11(8-12)9-13-10-19-17(25-13)20-16(24)14-6-7-15(23)22(2)21-14;1-13-9-4-2-3-8(5-9)6-10-7-14-11(12)15-10;1-12-10-4-2-3-8(6-10)5-9(11)7-13;1-9-7-4-2-3-6(8)5-7;1-8-5(9)3-2-4(7-8)6(10)11;1-2-3-4;1-2-3;2-1(3)4/h3-5,8,10H,6-7,9H2,2H3,(H,19,20,24);2-5,7H,6H2,(H2,12,14);2-4,6-7,9H,5H2;2-5H,8H2;2-3H2,1H3,(H,10,11);2-3H,1H2;3H,2H2,1H3;(H4,2,3,4). The molecule has 0 radical (unpaired) electrons. The van der Waals surface area contributed by atoms with Crippen molar-refractivity contribution in [3.8, 4) is 0 Å². The highest BCUT2D eigenvalue weighted by atomic mass is 35.5.